The van der Waals surface area contributed by atoms with Gasteiger partial charge in [0.05, 0.1) is 0 Å². The second-order valence-corrected chi connectivity index (χ2v) is 6.02. The molecule has 1 aromatic rings. The molecule has 0 fully saturated rings. The van der Waals surface area contributed by atoms with E-state index < -0.39 is 0 Å². The first-order valence-electron chi connectivity index (χ1n) is 8.28. The number of hydrogen-bond donors (Lipinski definition) is 0. The highest BCUT2D eigenvalue weighted by Crippen LogP contribution is 2.21. The van der Waals surface area contributed by atoms with Gasteiger partial charge in [-0.25, -0.2) is 0 Å². The van der Waals surface area contributed by atoms with Gasteiger partial charge in [-0.3, -0.25) is 0 Å². The molecule has 0 unspecified atom stereocenters. The highest BCUT2D eigenvalue weighted by molar-refractivity contribution is 6.30. The van der Waals surface area contributed by atoms with E-state index in [4.69, 9.17) is 11.6 Å². The van der Waals surface area contributed by atoms with E-state index in [1.807, 2.05) is 6.07 Å². The van der Waals surface area contributed by atoms with Crippen LogP contribution in [0.1, 0.15) is 65.2 Å². The van der Waals surface area contributed by atoms with Crippen molar-refractivity contribution in [3.8, 4) is 0 Å². The lowest BCUT2D eigenvalue weighted by molar-refractivity contribution is 0.609. The van der Waals surface area contributed by atoms with Crippen LogP contribution in [-0.2, 0) is 0 Å². The Morgan fingerprint density at radius 3 is 1.95 bits per heavy atom. The molecule has 2 heteroatoms. The van der Waals surface area contributed by atoms with Crippen molar-refractivity contribution in [1.29, 1.82) is 0 Å². The average Bonchev–Trinajstić information content (AvgIpc) is 2.45. The van der Waals surface area contributed by atoms with Gasteiger partial charge in [-0.2, -0.15) is 0 Å². The third kappa shape index (κ3) is 7.19. The summed E-state index contributed by atoms with van der Waals surface area (Å²) in [4.78, 5) is 2.51. The molecule has 0 aromatic heterocycles. The Kier molecular flexibility index (Phi) is 9.57. The van der Waals surface area contributed by atoms with E-state index in [1.165, 1.54) is 57.1 Å². The number of halogens is 1. The van der Waals surface area contributed by atoms with Crippen LogP contribution in [0, 0.1) is 0 Å². The van der Waals surface area contributed by atoms with Gasteiger partial charge in [0, 0.05) is 23.8 Å². The van der Waals surface area contributed by atoms with Crippen LogP contribution >= 0.6 is 11.6 Å². The molecule has 1 rings (SSSR count). The Bertz CT molecular complexity index is 339. The quantitative estimate of drug-likeness (QED) is 0.433. The summed E-state index contributed by atoms with van der Waals surface area (Å²) in [6.07, 6.45) is 10.5. The number of benzene rings is 1. The molecule has 20 heavy (non-hydrogen) atoms. The van der Waals surface area contributed by atoms with Crippen LogP contribution in [0.15, 0.2) is 24.3 Å². The lowest BCUT2D eigenvalue weighted by atomic mass is 10.1. The standard InChI is InChI=1S/C18H30ClN/c1-3-5-7-9-14-20(15-10-8-6-4-2)18-13-11-12-17(19)16-18/h11-13,16H,3-10,14-15H2,1-2H3. The largest absolute Gasteiger partial charge is 0.371 e. The average molecular weight is 296 g/mol. The maximum absolute atomic E-state index is 6.13. The molecule has 0 aliphatic rings. The Morgan fingerprint density at radius 2 is 1.45 bits per heavy atom. The van der Waals surface area contributed by atoms with Crippen LogP contribution in [0.2, 0.25) is 5.02 Å². The fourth-order valence-electron chi connectivity index (χ4n) is 2.50. The van der Waals surface area contributed by atoms with Crippen LogP contribution in [-0.4, -0.2) is 13.1 Å². The number of unbranched alkanes of at least 4 members (excludes halogenated alkanes) is 6. The van der Waals surface area contributed by atoms with E-state index >= 15 is 0 Å². The van der Waals surface area contributed by atoms with E-state index in [0.29, 0.717) is 0 Å². The van der Waals surface area contributed by atoms with Crippen molar-refractivity contribution in [2.45, 2.75) is 65.2 Å². The summed E-state index contributed by atoms with van der Waals surface area (Å²) in [5, 5.41) is 0.842. The Hall–Kier alpha value is -0.690. The van der Waals surface area contributed by atoms with Gasteiger partial charge in [0.25, 0.3) is 0 Å². The molecule has 1 aromatic carbocycles. The van der Waals surface area contributed by atoms with Crippen LogP contribution in [0.3, 0.4) is 0 Å². The van der Waals surface area contributed by atoms with Gasteiger partial charge in [0.15, 0.2) is 0 Å². The number of rotatable bonds is 11. The van der Waals surface area contributed by atoms with Gasteiger partial charge >= 0.3 is 0 Å². The molecule has 0 amide bonds. The van der Waals surface area contributed by atoms with Crippen molar-refractivity contribution in [1.82, 2.24) is 0 Å². The predicted molar refractivity (Wildman–Crippen MR) is 91.9 cm³/mol. The summed E-state index contributed by atoms with van der Waals surface area (Å²) < 4.78 is 0. The zero-order valence-corrected chi connectivity index (χ0v) is 14.0. The summed E-state index contributed by atoms with van der Waals surface area (Å²) in [5.74, 6) is 0. The first-order chi connectivity index (χ1) is 9.77. The van der Waals surface area contributed by atoms with Gasteiger partial charge < -0.3 is 4.90 Å². The molecule has 0 saturated carbocycles. The second kappa shape index (κ2) is 11.0. The van der Waals surface area contributed by atoms with E-state index in [0.717, 1.165) is 18.1 Å². The van der Waals surface area contributed by atoms with E-state index in [9.17, 15) is 0 Å². The Balaban J connectivity index is 2.49. The summed E-state index contributed by atoms with van der Waals surface area (Å²) in [5.41, 5.74) is 1.28. The van der Waals surface area contributed by atoms with Crippen molar-refractivity contribution in [2.24, 2.45) is 0 Å². The van der Waals surface area contributed by atoms with E-state index in [1.54, 1.807) is 0 Å². The SMILES string of the molecule is CCCCCCN(CCCCCC)c1cccc(Cl)c1. The van der Waals surface area contributed by atoms with E-state index in [-0.39, 0.29) is 0 Å². The molecule has 1 nitrogen and oxygen atoms in total. The van der Waals surface area contributed by atoms with Gasteiger partial charge in [0.2, 0.25) is 0 Å². The normalized spacial score (nSPS) is 10.8. The number of hydrogen-bond acceptors (Lipinski definition) is 1. The summed E-state index contributed by atoms with van der Waals surface area (Å²) in [6, 6.07) is 8.30. The lowest BCUT2D eigenvalue weighted by Gasteiger charge is -2.25. The molecule has 114 valence electrons. The zero-order chi connectivity index (χ0) is 14.6. The molecule has 0 N–H and O–H groups in total. The van der Waals surface area contributed by atoms with Crippen LogP contribution in [0.4, 0.5) is 5.69 Å². The van der Waals surface area contributed by atoms with Gasteiger partial charge in [-0.15, -0.1) is 0 Å². The highest BCUT2D eigenvalue weighted by atomic mass is 35.5. The van der Waals surface area contributed by atoms with Gasteiger partial charge in [-0.1, -0.05) is 70.0 Å². The molecule has 0 radical (unpaired) electrons. The molecule has 0 saturated heterocycles. The van der Waals surface area contributed by atoms with E-state index in [2.05, 4.69) is 36.9 Å². The maximum atomic E-state index is 6.13. The fraction of sp³-hybridized carbons (Fsp3) is 0.667. The van der Waals surface area contributed by atoms with Gasteiger partial charge in [-0.05, 0) is 31.0 Å². The Labute approximate surface area is 130 Å². The molecule has 0 heterocycles. The highest BCUT2D eigenvalue weighted by Gasteiger charge is 2.06. The molecule has 0 atom stereocenters. The van der Waals surface area contributed by atoms with Crippen LogP contribution < -0.4 is 4.90 Å². The summed E-state index contributed by atoms with van der Waals surface area (Å²) >= 11 is 6.13. The molecule has 0 spiro atoms. The Morgan fingerprint density at radius 1 is 0.850 bits per heavy atom. The van der Waals surface area contributed by atoms with Crippen molar-refractivity contribution >= 4 is 17.3 Å². The molecular formula is C18H30ClN. The van der Waals surface area contributed by atoms with Crippen LogP contribution in [0.25, 0.3) is 0 Å². The topological polar surface area (TPSA) is 3.24 Å². The fourth-order valence-corrected chi connectivity index (χ4v) is 2.69. The monoisotopic (exact) mass is 295 g/mol. The predicted octanol–water partition coefficient (Wildman–Crippen LogP) is 6.31. The van der Waals surface area contributed by atoms with Crippen molar-refractivity contribution in [2.75, 3.05) is 18.0 Å². The van der Waals surface area contributed by atoms with Crippen molar-refractivity contribution in [3.05, 3.63) is 29.3 Å². The molecule has 0 aliphatic heterocycles. The third-order valence-corrected chi connectivity index (χ3v) is 3.97. The van der Waals surface area contributed by atoms with Crippen LogP contribution in [0.5, 0.6) is 0 Å². The molecule has 0 aliphatic carbocycles. The number of nitrogens with zero attached hydrogens (tertiary/aromatic N) is 1. The van der Waals surface area contributed by atoms with Crippen molar-refractivity contribution in [3.63, 3.8) is 0 Å². The second-order valence-electron chi connectivity index (χ2n) is 5.59. The first-order valence-corrected chi connectivity index (χ1v) is 8.66. The first kappa shape index (κ1) is 17.4. The summed E-state index contributed by atoms with van der Waals surface area (Å²) in [6.45, 7) is 6.85. The number of anilines is 1. The summed E-state index contributed by atoms with van der Waals surface area (Å²) in [7, 11) is 0. The minimum Gasteiger partial charge on any atom is -0.371 e. The minimum atomic E-state index is 0.842. The van der Waals surface area contributed by atoms with Crippen molar-refractivity contribution < 1.29 is 0 Å². The molecule has 0 bridgehead atoms. The zero-order valence-electron chi connectivity index (χ0n) is 13.2. The smallest absolute Gasteiger partial charge is 0.0426 e. The molecular weight excluding hydrogens is 266 g/mol. The lowest BCUT2D eigenvalue weighted by Crippen LogP contribution is -2.25. The van der Waals surface area contributed by atoms with Gasteiger partial charge in [0.1, 0.15) is 0 Å². The minimum absolute atomic E-state index is 0.842. The maximum Gasteiger partial charge on any atom is 0.0426 e. The third-order valence-electron chi connectivity index (χ3n) is 3.74.